The molecule has 0 aromatic rings. The Morgan fingerprint density at radius 1 is 1.22 bits per heavy atom. The van der Waals surface area contributed by atoms with Crippen molar-refractivity contribution in [2.24, 2.45) is 11.3 Å². The highest BCUT2D eigenvalue weighted by Crippen LogP contribution is 2.43. The number of unbranched alkanes of at least 4 members (excludes halogenated alkanes) is 2. The molecule has 0 aromatic heterocycles. The zero-order valence-corrected chi connectivity index (χ0v) is 14.1. The van der Waals surface area contributed by atoms with Crippen LogP contribution in [0.15, 0.2) is 0 Å². The number of hydrogen-bond donors (Lipinski definition) is 1. The molecule has 2 nitrogen and oxygen atoms in total. The molecule has 18 heavy (non-hydrogen) atoms. The van der Waals surface area contributed by atoms with E-state index in [1.165, 1.54) is 30.1 Å². The number of amides is 1. The molecule has 0 bridgehead atoms. The van der Waals surface area contributed by atoms with Crippen molar-refractivity contribution in [2.45, 2.75) is 65.2 Å². The van der Waals surface area contributed by atoms with Crippen LogP contribution >= 0.6 is 22.6 Å². The molecule has 3 heteroatoms. The molecule has 0 unspecified atom stereocenters. The first kappa shape index (κ1) is 16.3. The van der Waals surface area contributed by atoms with E-state index in [2.05, 4.69) is 41.8 Å². The lowest BCUT2D eigenvalue weighted by molar-refractivity contribution is -0.131. The lowest BCUT2D eigenvalue weighted by Crippen LogP contribution is -2.40. The van der Waals surface area contributed by atoms with Crippen LogP contribution in [0.4, 0.5) is 0 Å². The minimum atomic E-state index is -0.0303. The van der Waals surface area contributed by atoms with E-state index in [0.29, 0.717) is 11.8 Å². The number of hydrogen-bond acceptors (Lipinski definition) is 1. The smallest absolute Gasteiger partial charge is 0.226 e. The topological polar surface area (TPSA) is 29.1 Å². The van der Waals surface area contributed by atoms with Crippen LogP contribution in [0, 0.1) is 11.3 Å². The molecule has 1 aliphatic rings. The van der Waals surface area contributed by atoms with E-state index < -0.39 is 0 Å². The second kappa shape index (κ2) is 8.39. The Kier molecular flexibility index (Phi) is 7.57. The molecule has 1 fully saturated rings. The summed E-state index contributed by atoms with van der Waals surface area (Å²) in [6.07, 6.45) is 9.37. The molecular formula is C15H28INO. The number of nitrogens with one attached hydrogen (secondary N) is 1. The van der Waals surface area contributed by atoms with Gasteiger partial charge in [-0.2, -0.15) is 0 Å². The Labute approximate surface area is 126 Å². The maximum Gasteiger partial charge on any atom is 0.226 e. The van der Waals surface area contributed by atoms with E-state index in [1.54, 1.807) is 0 Å². The van der Waals surface area contributed by atoms with Crippen LogP contribution in [-0.2, 0) is 4.79 Å². The van der Waals surface area contributed by atoms with E-state index in [-0.39, 0.29) is 5.41 Å². The van der Waals surface area contributed by atoms with Crippen molar-refractivity contribution in [3.05, 3.63) is 0 Å². The summed E-state index contributed by atoms with van der Waals surface area (Å²) in [6.45, 7) is 5.33. The number of alkyl halides is 1. The second-order valence-electron chi connectivity index (χ2n) is 6.09. The maximum atomic E-state index is 12.4. The molecule has 0 heterocycles. The third kappa shape index (κ3) is 5.06. The predicted molar refractivity (Wildman–Crippen MR) is 86.1 cm³/mol. The SMILES string of the molecule is CC(C)CC1(C(=O)NCCCCCI)CCCC1. The van der Waals surface area contributed by atoms with Crippen molar-refractivity contribution >= 4 is 28.5 Å². The van der Waals surface area contributed by atoms with Crippen LogP contribution in [0.25, 0.3) is 0 Å². The normalized spacial score (nSPS) is 18.2. The third-order valence-electron chi connectivity index (χ3n) is 3.94. The highest BCUT2D eigenvalue weighted by molar-refractivity contribution is 14.1. The van der Waals surface area contributed by atoms with Gasteiger partial charge in [0.15, 0.2) is 0 Å². The molecule has 1 amide bonds. The fraction of sp³-hybridized carbons (Fsp3) is 0.933. The van der Waals surface area contributed by atoms with Gasteiger partial charge in [-0.15, -0.1) is 0 Å². The molecular weight excluding hydrogens is 337 g/mol. The first-order valence-corrected chi connectivity index (χ1v) is 8.97. The predicted octanol–water partition coefficient (Wildman–Crippen LogP) is 4.31. The molecule has 1 saturated carbocycles. The Morgan fingerprint density at radius 3 is 2.44 bits per heavy atom. The molecule has 0 atom stereocenters. The fourth-order valence-corrected chi connectivity index (χ4v) is 3.68. The molecule has 0 aliphatic heterocycles. The highest BCUT2D eigenvalue weighted by atomic mass is 127. The summed E-state index contributed by atoms with van der Waals surface area (Å²) in [5.41, 5.74) is -0.0303. The number of carbonyl (C=O) groups excluding carboxylic acids is 1. The van der Waals surface area contributed by atoms with Crippen LogP contribution in [0.5, 0.6) is 0 Å². The van der Waals surface area contributed by atoms with E-state index >= 15 is 0 Å². The zero-order chi connectivity index (χ0) is 13.4. The van der Waals surface area contributed by atoms with Crippen LogP contribution in [0.1, 0.15) is 65.2 Å². The van der Waals surface area contributed by atoms with Crippen LogP contribution in [0.2, 0.25) is 0 Å². The van der Waals surface area contributed by atoms with Gasteiger partial charge < -0.3 is 5.32 Å². The van der Waals surface area contributed by atoms with Gasteiger partial charge in [0.25, 0.3) is 0 Å². The minimum absolute atomic E-state index is 0.0303. The largest absolute Gasteiger partial charge is 0.356 e. The van der Waals surface area contributed by atoms with Gasteiger partial charge in [-0.05, 0) is 42.4 Å². The summed E-state index contributed by atoms with van der Waals surface area (Å²) < 4.78 is 1.23. The summed E-state index contributed by atoms with van der Waals surface area (Å²) >= 11 is 2.41. The van der Waals surface area contributed by atoms with Crippen molar-refractivity contribution in [1.82, 2.24) is 5.32 Å². The lowest BCUT2D eigenvalue weighted by Gasteiger charge is -2.29. The molecule has 1 rings (SSSR count). The summed E-state index contributed by atoms with van der Waals surface area (Å²) in [5, 5.41) is 3.19. The van der Waals surface area contributed by atoms with Gasteiger partial charge in [-0.3, -0.25) is 4.79 Å². The molecule has 1 aliphatic carbocycles. The minimum Gasteiger partial charge on any atom is -0.356 e. The van der Waals surface area contributed by atoms with Crippen molar-refractivity contribution in [3.63, 3.8) is 0 Å². The van der Waals surface area contributed by atoms with E-state index in [4.69, 9.17) is 0 Å². The quantitative estimate of drug-likeness (QED) is 0.388. The molecule has 0 radical (unpaired) electrons. The average molecular weight is 365 g/mol. The van der Waals surface area contributed by atoms with Crippen LogP contribution in [-0.4, -0.2) is 16.9 Å². The van der Waals surface area contributed by atoms with Crippen molar-refractivity contribution in [3.8, 4) is 0 Å². The molecule has 0 saturated heterocycles. The van der Waals surface area contributed by atoms with E-state index in [9.17, 15) is 4.79 Å². The average Bonchev–Trinajstić information content (AvgIpc) is 2.77. The highest BCUT2D eigenvalue weighted by Gasteiger charge is 2.40. The fourth-order valence-electron chi connectivity index (χ4n) is 3.14. The Hall–Kier alpha value is 0.200. The van der Waals surface area contributed by atoms with Gasteiger partial charge in [0.1, 0.15) is 0 Å². The first-order valence-electron chi connectivity index (χ1n) is 7.45. The van der Waals surface area contributed by atoms with Crippen LogP contribution < -0.4 is 5.32 Å². The molecule has 1 N–H and O–H groups in total. The monoisotopic (exact) mass is 365 g/mol. The Balaban J connectivity index is 2.36. The summed E-state index contributed by atoms with van der Waals surface area (Å²) in [7, 11) is 0. The third-order valence-corrected chi connectivity index (χ3v) is 4.70. The van der Waals surface area contributed by atoms with Gasteiger partial charge in [-0.25, -0.2) is 0 Å². The van der Waals surface area contributed by atoms with E-state index in [0.717, 1.165) is 32.2 Å². The van der Waals surface area contributed by atoms with Gasteiger partial charge in [0.05, 0.1) is 0 Å². The van der Waals surface area contributed by atoms with Gasteiger partial charge in [0, 0.05) is 12.0 Å². The van der Waals surface area contributed by atoms with Gasteiger partial charge in [0.2, 0.25) is 5.91 Å². The van der Waals surface area contributed by atoms with Crippen molar-refractivity contribution in [2.75, 3.05) is 11.0 Å². The summed E-state index contributed by atoms with van der Waals surface area (Å²) in [4.78, 5) is 12.4. The maximum absolute atomic E-state index is 12.4. The molecule has 106 valence electrons. The summed E-state index contributed by atoms with van der Waals surface area (Å²) in [6, 6.07) is 0. The Bertz CT molecular complexity index is 247. The number of carbonyl (C=O) groups is 1. The standard InChI is InChI=1S/C15H28INO/c1-13(2)12-15(8-4-5-9-15)14(18)17-11-7-3-6-10-16/h13H,3-12H2,1-2H3,(H,17,18). The van der Waals surface area contributed by atoms with E-state index in [1.807, 2.05) is 0 Å². The lowest BCUT2D eigenvalue weighted by atomic mass is 9.77. The van der Waals surface area contributed by atoms with Crippen LogP contribution in [0.3, 0.4) is 0 Å². The molecule has 0 spiro atoms. The number of rotatable bonds is 8. The van der Waals surface area contributed by atoms with Gasteiger partial charge in [-0.1, -0.05) is 55.7 Å². The van der Waals surface area contributed by atoms with Crippen molar-refractivity contribution in [1.29, 1.82) is 0 Å². The first-order chi connectivity index (χ1) is 8.60. The Morgan fingerprint density at radius 2 is 1.89 bits per heavy atom. The zero-order valence-electron chi connectivity index (χ0n) is 11.9. The second-order valence-corrected chi connectivity index (χ2v) is 7.17. The van der Waals surface area contributed by atoms with Crippen molar-refractivity contribution < 1.29 is 4.79 Å². The molecule has 0 aromatic carbocycles. The van der Waals surface area contributed by atoms with Gasteiger partial charge >= 0.3 is 0 Å². The summed E-state index contributed by atoms with van der Waals surface area (Å²) in [5.74, 6) is 0.955. The number of halogens is 1.